The van der Waals surface area contributed by atoms with Gasteiger partial charge in [-0.05, 0) is 91.0 Å². The highest BCUT2D eigenvalue weighted by Crippen LogP contribution is 2.54. The van der Waals surface area contributed by atoms with Gasteiger partial charge in [0.15, 0.2) is 0 Å². The molecular weight excluding hydrogens is 665 g/mol. The number of allylic oxidation sites excluding steroid dienone is 5. The van der Waals surface area contributed by atoms with E-state index in [1.54, 1.807) is 5.57 Å². The van der Waals surface area contributed by atoms with Gasteiger partial charge in [-0.15, -0.1) is 0 Å². The van der Waals surface area contributed by atoms with E-state index in [4.69, 9.17) is 0 Å². The normalized spacial score (nSPS) is 22.7. The van der Waals surface area contributed by atoms with Crippen molar-refractivity contribution in [1.82, 2.24) is 5.32 Å². The lowest BCUT2D eigenvalue weighted by molar-refractivity contribution is 0.604. The van der Waals surface area contributed by atoms with Gasteiger partial charge in [0, 0.05) is 17.5 Å². The maximum atomic E-state index is 3.94. The van der Waals surface area contributed by atoms with Crippen molar-refractivity contribution in [3.8, 4) is 0 Å². The van der Waals surface area contributed by atoms with Gasteiger partial charge in [-0.3, -0.25) is 5.32 Å². The summed E-state index contributed by atoms with van der Waals surface area (Å²) in [4.78, 5) is 2.54. The van der Waals surface area contributed by atoms with Crippen LogP contribution in [0.4, 0.5) is 5.69 Å². The zero-order valence-electron chi connectivity index (χ0n) is 30.7. The van der Waals surface area contributed by atoms with Crippen LogP contribution in [0.3, 0.4) is 0 Å². The summed E-state index contributed by atoms with van der Waals surface area (Å²) >= 11 is 0. The molecule has 1 N–H and O–H groups in total. The Labute approximate surface area is 323 Å². The second-order valence-electron chi connectivity index (χ2n) is 15.5. The average molecular weight is 707 g/mol. The van der Waals surface area contributed by atoms with E-state index in [1.165, 1.54) is 71.8 Å². The lowest BCUT2D eigenvalue weighted by Gasteiger charge is -2.40. The van der Waals surface area contributed by atoms with Gasteiger partial charge in [-0.1, -0.05) is 188 Å². The molecule has 4 aliphatic rings. The molecule has 1 saturated heterocycles. The van der Waals surface area contributed by atoms with Crippen LogP contribution < -0.4 is 10.2 Å². The summed E-state index contributed by atoms with van der Waals surface area (Å²) in [7, 11) is 0. The molecular formula is C53H42N2. The number of rotatable bonds is 5. The number of nitrogens with zero attached hydrogens (tertiary/aromatic N) is 1. The van der Waals surface area contributed by atoms with Gasteiger partial charge >= 0.3 is 0 Å². The molecule has 0 spiro atoms. The summed E-state index contributed by atoms with van der Waals surface area (Å²) in [5, 5.41) is 9.21. The molecule has 1 aliphatic heterocycles. The summed E-state index contributed by atoms with van der Waals surface area (Å²) in [5.41, 5.74) is 13.8. The number of hydrogen-bond acceptors (Lipinski definition) is 2. The smallest absolute Gasteiger partial charge is 0.107 e. The van der Waals surface area contributed by atoms with Gasteiger partial charge < -0.3 is 4.90 Å². The molecule has 7 aromatic carbocycles. The number of fused-ring (bicyclic) bond motifs is 5. The van der Waals surface area contributed by atoms with Gasteiger partial charge in [0.05, 0.1) is 12.1 Å². The first-order chi connectivity index (χ1) is 27.3. The molecule has 11 rings (SSSR count). The quantitative estimate of drug-likeness (QED) is 0.192. The van der Waals surface area contributed by atoms with Gasteiger partial charge in [-0.25, -0.2) is 0 Å². The van der Waals surface area contributed by atoms with Crippen molar-refractivity contribution in [2.45, 2.75) is 37.0 Å². The van der Waals surface area contributed by atoms with E-state index in [2.05, 4.69) is 204 Å². The van der Waals surface area contributed by atoms with Gasteiger partial charge in [0.25, 0.3) is 0 Å². The average Bonchev–Trinajstić information content (AvgIpc) is 3.65. The Morgan fingerprint density at radius 3 is 2.04 bits per heavy atom. The molecule has 1 fully saturated rings. The number of hydrogen-bond donors (Lipinski definition) is 1. The third-order valence-corrected chi connectivity index (χ3v) is 12.6. The second-order valence-corrected chi connectivity index (χ2v) is 15.5. The first kappa shape index (κ1) is 32.2. The Hall–Kier alpha value is -6.22. The predicted octanol–water partition coefficient (Wildman–Crippen LogP) is 12.4. The molecule has 1 heterocycles. The Bertz CT molecular complexity index is 2700. The Balaban J connectivity index is 1.05. The van der Waals surface area contributed by atoms with E-state index < -0.39 is 0 Å². The molecule has 2 nitrogen and oxygen atoms in total. The summed E-state index contributed by atoms with van der Waals surface area (Å²) in [6, 6.07) is 61.7. The van der Waals surface area contributed by atoms with Crippen molar-refractivity contribution in [3.05, 3.63) is 233 Å². The lowest BCUT2D eigenvalue weighted by atomic mass is 9.63. The van der Waals surface area contributed by atoms with Crippen molar-refractivity contribution in [1.29, 1.82) is 0 Å². The van der Waals surface area contributed by atoms with E-state index in [0.717, 1.165) is 12.8 Å². The number of anilines is 1. The molecule has 5 atom stereocenters. The molecule has 0 amide bonds. The molecule has 55 heavy (non-hydrogen) atoms. The monoisotopic (exact) mass is 706 g/mol. The molecule has 0 bridgehead atoms. The Kier molecular flexibility index (Phi) is 7.77. The minimum atomic E-state index is 0.0857. The highest BCUT2D eigenvalue weighted by molar-refractivity contribution is 6.01. The zero-order chi connectivity index (χ0) is 36.3. The van der Waals surface area contributed by atoms with Crippen LogP contribution in [0.1, 0.15) is 58.3 Å². The fourth-order valence-corrected chi connectivity index (χ4v) is 10.2. The summed E-state index contributed by atoms with van der Waals surface area (Å²) < 4.78 is 0. The molecule has 264 valence electrons. The van der Waals surface area contributed by atoms with E-state index in [-0.39, 0.29) is 30.1 Å². The third kappa shape index (κ3) is 5.35. The molecule has 5 unspecified atom stereocenters. The van der Waals surface area contributed by atoms with Gasteiger partial charge in [0.1, 0.15) is 6.17 Å². The molecule has 3 aliphatic carbocycles. The van der Waals surface area contributed by atoms with E-state index in [9.17, 15) is 0 Å². The van der Waals surface area contributed by atoms with Crippen molar-refractivity contribution >= 4 is 38.4 Å². The minimum absolute atomic E-state index is 0.0857. The van der Waals surface area contributed by atoms with Gasteiger partial charge in [0.2, 0.25) is 0 Å². The van der Waals surface area contributed by atoms with Crippen molar-refractivity contribution in [3.63, 3.8) is 0 Å². The van der Waals surface area contributed by atoms with Crippen molar-refractivity contribution < 1.29 is 0 Å². The summed E-state index contributed by atoms with van der Waals surface area (Å²) in [5.74, 6) is 0.432. The minimum Gasteiger partial charge on any atom is -0.343 e. The second kappa shape index (κ2) is 13.3. The molecule has 0 radical (unpaired) electrons. The van der Waals surface area contributed by atoms with Crippen LogP contribution in [0, 0.1) is 5.92 Å². The van der Waals surface area contributed by atoms with Crippen LogP contribution in [0.2, 0.25) is 0 Å². The highest BCUT2D eigenvalue weighted by Gasteiger charge is 2.41. The van der Waals surface area contributed by atoms with Crippen LogP contribution in [0.25, 0.3) is 32.7 Å². The zero-order valence-corrected chi connectivity index (χ0v) is 30.7. The summed E-state index contributed by atoms with van der Waals surface area (Å²) in [6.07, 6.45) is 13.8. The maximum absolute atomic E-state index is 3.94. The molecule has 7 aromatic rings. The van der Waals surface area contributed by atoms with Gasteiger partial charge in [-0.2, -0.15) is 0 Å². The summed E-state index contributed by atoms with van der Waals surface area (Å²) in [6.45, 7) is 0. The Morgan fingerprint density at radius 1 is 0.527 bits per heavy atom. The fourth-order valence-electron chi connectivity index (χ4n) is 10.2. The topological polar surface area (TPSA) is 15.3 Å². The first-order valence-corrected chi connectivity index (χ1v) is 19.8. The van der Waals surface area contributed by atoms with Crippen LogP contribution in [-0.4, -0.2) is 12.1 Å². The highest BCUT2D eigenvalue weighted by atomic mass is 15.4. The molecule has 0 aromatic heterocycles. The number of benzene rings is 7. The lowest BCUT2D eigenvalue weighted by Crippen LogP contribution is -2.34. The Morgan fingerprint density at radius 2 is 1.18 bits per heavy atom. The first-order valence-electron chi connectivity index (χ1n) is 19.8. The standard InChI is InChI=1S/C53H42N2/c1-2-18-40(19-3-1)55-50-27-11-10-26-49(50)54-53(55)38-30-28-35(29-31-38)39-32-33-47-48(34-39)52(44-25-13-17-37-15-5-7-21-42(37)44)46-23-9-8-22-45(46)51(47)43-24-12-16-36-14-4-6-20-41(36)43/h1-31,34,48-50,52-54H,32-33H2. The van der Waals surface area contributed by atoms with Crippen LogP contribution >= 0.6 is 0 Å². The third-order valence-electron chi connectivity index (χ3n) is 12.6. The largest absolute Gasteiger partial charge is 0.343 e. The van der Waals surface area contributed by atoms with E-state index in [0.29, 0.717) is 0 Å². The van der Waals surface area contributed by atoms with Crippen molar-refractivity contribution in [2.75, 3.05) is 4.90 Å². The molecule has 0 saturated carbocycles. The van der Waals surface area contributed by atoms with Crippen LogP contribution in [0.5, 0.6) is 0 Å². The number of para-hydroxylation sites is 1. The van der Waals surface area contributed by atoms with Crippen LogP contribution in [-0.2, 0) is 0 Å². The number of nitrogens with one attached hydrogen (secondary N) is 1. The maximum Gasteiger partial charge on any atom is 0.107 e. The van der Waals surface area contributed by atoms with Crippen molar-refractivity contribution in [2.24, 2.45) is 5.92 Å². The van der Waals surface area contributed by atoms with E-state index >= 15 is 0 Å². The molecule has 2 heteroatoms. The predicted molar refractivity (Wildman–Crippen MR) is 230 cm³/mol. The van der Waals surface area contributed by atoms with E-state index in [1.807, 2.05) is 0 Å². The SMILES string of the molecule is C1=CC2NC(c3ccc(C4=CC5C(=C(c6cccc7ccccc67)c6ccccc6C5c5cccc6ccccc56)CC4)cc3)N(c3ccccc3)C2C=C1. The van der Waals surface area contributed by atoms with Crippen LogP contribution in [0.15, 0.2) is 200 Å². The fraction of sp³-hybridized carbons (Fsp3) is 0.132.